The van der Waals surface area contributed by atoms with Gasteiger partial charge in [0.15, 0.2) is 11.6 Å². The van der Waals surface area contributed by atoms with Gasteiger partial charge in [0.2, 0.25) is 0 Å². The molecule has 20 heteroatoms. The summed E-state index contributed by atoms with van der Waals surface area (Å²) in [7, 11) is 9.36. The molecule has 4 unspecified atom stereocenters. The Hall–Kier alpha value is -1.70. The summed E-state index contributed by atoms with van der Waals surface area (Å²) in [5.41, 5.74) is 0.477. The number of urea groups is 1. The van der Waals surface area contributed by atoms with Crippen molar-refractivity contribution >= 4 is 119 Å². The summed E-state index contributed by atoms with van der Waals surface area (Å²) >= 11 is 17.8. The van der Waals surface area contributed by atoms with Crippen molar-refractivity contribution in [2.45, 2.75) is 126 Å². The number of likely N-dealkylation sites (tertiary alicyclic amines) is 1. The summed E-state index contributed by atoms with van der Waals surface area (Å²) in [6.45, 7) is 3.23. The monoisotopic (exact) mass is 1370 g/mol. The molecule has 8 aliphatic carbocycles. The number of methoxy groups -OCH3 is 1. The van der Waals surface area contributed by atoms with E-state index in [0.717, 1.165) is 102 Å². The van der Waals surface area contributed by atoms with Gasteiger partial charge in [-0.25, -0.2) is 4.79 Å². The number of carbonyl (C=O) groups excluding carboxylic acids is 3. The molecule has 15 nitrogen and oxygen atoms in total. The summed E-state index contributed by atoms with van der Waals surface area (Å²) in [5, 5.41) is 38.1. The number of rotatable bonds is 12. The molecule has 398 valence electrons. The lowest BCUT2D eigenvalue weighted by Gasteiger charge is -2.58. The molecule has 2 aromatic heterocycles. The smallest absolute Gasteiger partial charge is 0.321 e. The van der Waals surface area contributed by atoms with E-state index in [1.54, 1.807) is 16.5 Å². The van der Waals surface area contributed by atoms with Crippen LogP contribution in [-0.2, 0) is 14.1 Å². The molecule has 10 fully saturated rings. The van der Waals surface area contributed by atoms with Crippen molar-refractivity contribution in [3.8, 4) is 5.75 Å². The van der Waals surface area contributed by atoms with Crippen molar-refractivity contribution in [1.82, 2.24) is 29.8 Å². The molecular weight excluding hydrogens is 1300 g/mol. The molecular formula is C52H74Cl2I3N9O6. The molecule has 4 heterocycles. The van der Waals surface area contributed by atoms with Crippen LogP contribution in [-0.4, -0.2) is 123 Å². The molecule has 13 rings (SSSR count). The summed E-state index contributed by atoms with van der Waals surface area (Å²) in [5.74, 6) is 6.07. The van der Waals surface area contributed by atoms with Gasteiger partial charge in [0.1, 0.15) is 38.8 Å². The van der Waals surface area contributed by atoms with E-state index < -0.39 is 11.2 Å². The number of anilines is 3. The number of benzene rings is 1. The van der Waals surface area contributed by atoms with Crippen LogP contribution in [0.4, 0.5) is 22.1 Å². The quantitative estimate of drug-likeness (QED) is 0.101. The Morgan fingerprint density at radius 1 is 0.736 bits per heavy atom. The number of ether oxygens (including phenoxy) is 1. The maximum Gasteiger partial charge on any atom is 0.321 e. The van der Waals surface area contributed by atoms with Gasteiger partial charge in [-0.05, 0) is 162 Å². The van der Waals surface area contributed by atoms with Gasteiger partial charge in [-0.2, -0.15) is 10.2 Å². The number of nitrogens with zero attached hydrogens (tertiary/aromatic N) is 7. The Morgan fingerprint density at radius 3 is 1.57 bits per heavy atom. The second-order valence-electron chi connectivity index (χ2n) is 22.7. The van der Waals surface area contributed by atoms with E-state index in [2.05, 4.69) is 74.9 Å². The number of nitrogens with one attached hydrogen (secondary N) is 2. The van der Waals surface area contributed by atoms with Crippen molar-refractivity contribution in [2.24, 2.45) is 61.4 Å². The lowest BCUT2D eigenvalue weighted by atomic mass is 9.49. The van der Waals surface area contributed by atoms with Crippen LogP contribution in [0.15, 0.2) is 24.3 Å². The number of ketones is 2. The first-order chi connectivity index (χ1) is 34.0. The Labute approximate surface area is 475 Å². The molecule has 8 saturated carbocycles. The minimum Gasteiger partial charge on any atom is -0.495 e. The first-order valence-corrected chi connectivity index (χ1v) is 33.0. The number of aryl methyl sites for hydroxylation is 2. The number of piperidine rings is 2. The van der Waals surface area contributed by atoms with Gasteiger partial charge in [-0.15, -0.1) is 24.0 Å². The van der Waals surface area contributed by atoms with Gasteiger partial charge >= 0.3 is 6.03 Å². The van der Waals surface area contributed by atoms with Crippen molar-refractivity contribution in [3.63, 3.8) is 0 Å². The predicted octanol–water partition coefficient (Wildman–Crippen LogP) is 10.4. The third-order valence-electron chi connectivity index (χ3n) is 18.3. The van der Waals surface area contributed by atoms with Crippen LogP contribution in [0.25, 0.3) is 0 Å². The summed E-state index contributed by atoms with van der Waals surface area (Å²) < 4.78 is 8.84. The second kappa shape index (κ2) is 23.5. The highest BCUT2D eigenvalue weighted by atomic mass is 128. The van der Waals surface area contributed by atoms with Crippen molar-refractivity contribution in [2.75, 3.05) is 62.5 Å². The Morgan fingerprint density at radius 2 is 1.15 bits per heavy atom. The van der Waals surface area contributed by atoms with E-state index in [1.165, 1.54) is 12.8 Å². The molecule has 3 aromatic rings. The minimum atomic E-state index is -0.501. The van der Waals surface area contributed by atoms with Crippen LogP contribution in [0.1, 0.15) is 124 Å². The highest BCUT2D eigenvalue weighted by molar-refractivity contribution is 15.0. The van der Waals surface area contributed by atoms with Gasteiger partial charge < -0.3 is 40.3 Å². The van der Waals surface area contributed by atoms with E-state index in [4.69, 9.17) is 27.9 Å². The molecule has 0 spiro atoms. The molecule has 2 aliphatic heterocycles. The maximum atomic E-state index is 13.5. The predicted molar refractivity (Wildman–Crippen MR) is 311 cm³/mol. The number of para-hydroxylation sites is 2. The molecule has 72 heavy (non-hydrogen) atoms. The topological polar surface area (TPSA) is 170 Å². The van der Waals surface area contributed by atoms with Crippen molar-refractivity contribution < 1.29 is 29.3 Å². The molecule has 4 N–H and O–H groups in total. The van der Waals surface area contributed by atoms with E-state index in [0.29, 0.717) is 112 Å². The van der Waals surface area contributed by atoms with Gasteiger partial charge in [0.25, 0.3) is 0 Å². The lowest BCUT2D eigenvalue weighted by molar-refractivity contribution is -0.151. The number of aromatic nitrogens is 4. The largest absolute Gasteiger partial charge is 0.495 e. The fourth-order valence-corrected chi connectivity index (χ4v) is 16.3. The average molecular weight is 1370 g/mol. The zero-order chi connectivity index (χ0) is 50.5. The van der Waals surface area contributed by atoms with Crippen LogP contribution in [0.2, 0.25) is 10.0 Å². The third-order valence-corrected chi connectivity index (χ3v) is 19.0. The van der Waals surface area contributed by atoms with E-state index in [-0.39, 0.29) is 47.6 Å². The number of Topliss-reactive ketones (excluding diaryl/α,β-unsaturated/α-hetero) is 2. The van der Waals surface area contributed by atoms with Crippen LogP contribution in [0.5, 0.6) is 5.75 Å². The van der Waals surface area contributed by atoms with Gasteiger partial charge in [0.05, 0.1) is 24.0 Å². The minimum absolute atomic E-state index is 0. The van der Waals surface area contributed by atoms with E-state index >= 15 is 0 Å². The number of amides is 2. The number of hydrogen-bond acceptors (Lipinski definition) is 11. The Kier molecular flexibility index (Phi) is 18.4. The summed E-state index contributed by atoms with van der Waals surface area (Å²) in [4.78, 5) is 45.8. The highest BCUT2D eigenvalue weighted by Gasteiger charge is 2.56. The third kappa shape index (κ3) is 11.6. The van der Waals surface area contributed by atoms with Crippen LogP contribution in [0, 0.1) is 47.3 Å². The second-order valence-corrected chi connectivity index (χ2v) is 23.5. The standard InChI is InChI=1S/C30H40ClN5O4.C22H33ClN4O2.I2.HI/c1-34(21-8-10-36(11-9-21)29(38)32-23-6-4-5-7-25(23)40-3)28-26(31)27(33-35(28)2)24(37)14-22-19-12-18-13-20(22)17-30(39,15-18)16-19;1-26(16-3-5-24-6-4-16)21-19(23)20(25-27(21)2)18(28)9-17-14-7-13-8-15(17)12-22(29,10-13)11-14;1-2;/h4-7,18-22,39H,8-17H2,1-3H3,(H,32,38);13-17,24,29H,3-12H2,1-2H3;;1H. The van der Waals surface area contributed by atoms with Crippen LogP contribution in [0.3, 0.4) is 0 Å². The molecule has 8 bridgehead atoms. The van der Waals surface area contributed by atoms with E-state index in [9.17, 15) is 24.6 Å². The van der Waals surface area contributed by atoms with Gasteiger partial charge in [-0.3, -0.25) is 19.0 Å². The SMILES string of the molecule is CN(c1c(Cl)c(C(=O)CC2C3CC4CC2CC(O)(C4)C3)nn1C)C1CCNCC1.COc1ccccc1NC(=O)N1CCC(N(C)c2c(Cl)c(C(=O)CC3C4CC5CC3CC(O)(C5)C4)nn2C)CC1.I.II. The summed E-state index contributed by atoms with van der Waals surface area (Å²) in [6, 6.07) is 7.81. The fourth-order valence-electron chi connectivity index (χ4n) is 15.5. The zero-order valence-corrected chi connectivity index (χ0v) is 50.5. The molecule has 0 radical (unpaired) electrons. The van der Waals surface area contributed by atoms with Crippen molar-refractivity contribution in [1.29, 1.82) is 0 Å². The Balaban J connectivity index is 0.000000192. The number of carbonyl (C=O) groups is 3. The summed E-state index contributed by atoms with van der Waals surface area (Å²) in [6.07, 6.45) is 14.6. The maximum absolute atomic E-state index is 13.5. The number of aliphatic hydroxyl groups is 2. The molecule has 4 atom stereocenters. The molecule has 2 saturated heterocycles. The molecule has 2 amide bonds. The van der Waals surface area contributed by atoms with Crippen LogP contribution >= 0.6 is 84.4 Å². The number of halogens is 5. The van der Waals surface area contributed by atoms with Gasteiger partial charge in [-0.1, -0.05) is 35.3 Å². The lowest BCUT2D eigenvalue weighted by Crippen LogP contribution is -2.54. The van der Waals surface area contributed by atoms with Crippen molar-refractivity contribution in [3.05, 3.63) is 45.7 Å². The van der Waals surface area contributed by atoms with Crippen LogP contribution < -0.4 is 25.2 Å². The average Bonchev–Trinajstić information content (AvgIpc) is 3.82. The van der Waals surface area contributed by atoms with Gasteiger partial charge in [0, 0.05) is 103 Å². The highest BCUT2D eigenvalue weighted by Crippen LogP contribution is 2.60. The zero-order valence-electron chi connectivity index (χ0n) is 42.3. The number of hydrogen-bond donors (Lipinski definition) is 4. The first-order valence-electron chi connectivity index (χ1n) is 26.0. The molecule has 1 aromatic carbocycles. The first kappa shape index (κ1) is 56.5. The Bertz CT molecular complexity index is 2400. The normalized spacial score (nSPS) is 31.2. The fraction of sp³-hybridized carbons (Fsp3) is 0.712. The van der Waals surface area contributed by atoms with E-state index in [1.807, 2.05) is 50.3 Å². The molecule has 10 aliphatic rings.